The molecule has 0 aliphatic carbocycles. The molecule has 0 heterocycles. The third-order valence-corrected chi connectivity index (χ3v) is 3.09. The van der Waals surface area contributed by atoms with E-state index in [0.29, 0.717) is 10.7 Å². The number of benzene rings is 1. The maximum atomic E-state index is 12.2. The number of hydrogen-bond donors (Lipinski definition) is 2. The highest BCUT2D eigenvalue weighted by Crippen LogP contribution is 2.20. The van der Waals surface area contributed by atoms with Gasteiger partial charge in [-0.25, -0.2) is 4.79 Å². The van der Waals surface area contributed by atoms with Crippen LogP contribution in [-0.4, -0.2) is 25.2 Å². The van der Waals surface area contributed by atoms with Gasteiger partial charge in [0.1, 0.15) is 6.04 Å². The largest absolute Gasteiger partial charge is 0.453 e. The highest BCUT2D eigenvalue weighted by atomic mass is 35.5. The molecule has 1 aromatic carbocycles. The Kier molecular flexibility index (Phi) is 5.82. The fraction of sp³-hybridized carbons (Fsp3) is 0.429. The second kappa shape index (κ2) is 7.14. The van der Waals surface area contributed by atoms with E-state index >= 15 is 0 Å². The van der Waals surface area contributed by atoms with Crippen LogP contribution in [0.5, 0.6) is 0 Å². The van der Waals surface area contributed by atoms with Crippen LogP contribution in [0.1, 0.15) is 19.4 Å². The lowest BCUT2D eigenvalue weighted by Crippen LogP contribution is -2.47. The Bertz CT molecular complexity index is 503. The maximum absolute atomic E-state index is 12.2. The molecule has 1 aromatic rings. The van der Waals surface area contributed by atoms with Crippen LogP contribution in [0.25, 0.3) is 0 Å². The van der Waals surface area contributed by atoms with Gasteiger partial charge < -0.3 is 15.4 Å². The second-order valence-corrected chi connectivity index (χ2v) is 5.24. The van der Waals surface area contributed by atoms with Crippen molar-refractivity contribution in [2.75, 3.05) is 12.4 Å². The Labute approximate surface area is 123 Å². The van der Waals surface area contributed by atoms with E-state index in [2.05, 4.69) is 15.4 Å². The highest BCUT2D eigenvalue weighted by molar-refractivity contribution is 6.30. The van der Waals surface area contributed by atoms with E-state index in [1.54, 1.807) is 18.2 Å². The molecule has 0 saturated carbocycles. The zero-order valence-electron chi connectivity index (χ0n) is 12.0. The molecule has 0 aromatic heterocycles. The highest BCUT2D eigenvalue weighted by Gasteiger charge is 2.24. The Morgan fingerprint density at radius 1 is 1.30 bits per heavy atom. The Morgan fingerprint density at radius 2 is 1.95 bits per heavy atom. The van der Waals surface area contributed by atoms with Gasteiger partial charge in [-0.1, -0.05) is 25.4 Å². The smallest absolute Gasteiger partial charge is 0.407 e. The van der Waals surface area contributed by atoms with Gasteiger partial charge in [-0.15, -0.1) is 0 Å². The maximum Gasteiger partial charge on any atom is 0.407 e. The minimum absolute atomic E-state index is 0.0679. The number of aryl methyl sites for hydroxylation is 1. The molecule has 2 amide bonds. The molecule has 2 N–H and O–H groups in total. The lowest BCUT2D eigenvalue weighted by atomic mass is 10.0. The summed E-state index contributed by atoms with van der Waals surface area (Å²) in [5.41, 5.74) is 1.52. The molecule has 0 unspecified atom stereocenters. The molecule has 20 heavy (non-hydrogen) atoms. The van der Waals surface area contributed by atoms with Gasteiger partial charge in [0, 0.05) is 10.7 Å². The monoisotopic (exact) mass is 298 g/mol. The molecule has 0 aliphatic rings. The lowest BCUT2D eigenvalue weighted by Gasteiger charge is -2.21. The van der Waals surface area contributed by atoms with Crippen LogP contribution in [0.2, 0.25) is 5.02 Å². The molecule has 0 spiro atoms. The van der Waals surface area contributed by atoms with E-state index < -0.39 is 12.1 Å². The van der Waals surface area contributed by atoms with Crippen LogP contribution < -0.4 is 10.6 Å². The van der Waals surface area contributed by atoms with Crippen LogP contribution in [0.3, 0.4) is 0 Å². The molecule has 0 saturated heterocycles. The average molecular weight is 299 g/mol. The van der Waals surface area contributed by atoms with Crippen LogP contribution >= 0.6 is 11.6 Å². The van der Waals surface area contributed by atoms with Gasteiger partial charge >= 0.3 is 6.09 Å². The summed E-state index contributed by atoms with van der Waals surface area (Å²) in [6.45, 7) is 5.53. The number of rotatable bonds is 4. The predicted molar refractivity (Wildman–Crippen MR) is 79.0 cm³/mol. The molecule has 0 aliphatic heterocycles. The van der Waals surface area contributed by atoms with Crippen molar-refractivity contribution < 1.29 is 14.3 Å². The summed E-state index contributed by atoms with van der Waals surface area (Å²) in [4.78, 5) is 23.5. The molecule has 0 radical (unpaired) electrons. The van der Waals surface area contributed by atoms with Crippen molar-refractivity contribution >= 4 is 29.3 Å². The van der Waals surface area contributed by atoms with Crippen molar-refractivity contribution in [3.05, 3.63) is 28.8 Å². The number of ether oxygens (including phenoxy) is 1. The fourth-order valence-corrected chi connectivity index (χ4v) is 1.93. The molecule has 0 fully saturated rings. The van der Waals surface area contributed by atoms with E-state index in [-0.39, 0.29) is 11.8 Å². The lowest BCUT2D eigenvalue weighted by molar-refractivity contribution is -0.119. The summed E-state index contributed by atoms with van der Waals surface area (Å²) >= 11 is 5.87. The summed E-state index contributed by atoms with van der Waals surface area (Å²) < 4.78 is 4.52. The molecule has 6 heteroatoms. The number of amides is 2. The number of carbonyl (C=O) groups is 2. The molecule has 0 bridgehead atoms. The first-order chi connectivity index (χ1) is 9.35. The van der Waals surface area contributed by atoms with Crippen molar-refractivity contribution in [3.8, 4) is 0 Å². The van der Waals surface area contributed by atoms with Crippen molar-refractivity contribution in [2.45, 2.75) is 26.8 Å². The number of nitrogens with one attached hydrogen (secondary N) is 2. The SMILES string of the molecule is COC(=O)N[C@H](C(=O)Nc1ccc(Cl)cc1C)C(C)C. The second-order valence-electron chi connectivity index (χ2n) is 4.81. The van der Waals surface area contributed by atoms with Crippen molar-refractivity contribution in [2.24, 2.45) is 5.92 Å². The third kappa shape index (κ3) is 4.42. The fourth-order valence-electron chi connectivity index (χ4n) is 1.70. The van der Waals surface area contributed by atoms with Crippen LogP contribution in [0.4, 0.5) is 10.5 Å². The third-order valence-electron chi connectivity index (χ3n) is 2.85. The van der Waals surface area contributed by atoms with Crippen molar-refractivity contribution in [1.82, 2.24) is 5.32 Å². The Hall–Kier alpha value is -1.75. The van der Waals surface area contributed by atoms with Crippen LogP contribution in [0.15, 0.2) is 18.2 Å². The first kappa shape index (κ1) is 16.3. The average Bonchev–Trinajstić information content (AvgIpc) is 2.38. The number of carbonyl (C=O) groups excluding carboxylic acids is 2. The van der Waals surface area contributed by atoms with Gasteiger partial charge in [-0.2, -0.15) is 0 Å². The molecular formula is C14H19ClN2O3. The van der Waals surface area contributed by atoms with E-state index in [9.17, 15) is 9.59 Å². The van der Waals surface area contributed by atoms with E-state index in [0.717, 1.165) is 5.56 Å². The molecular weight excluding hydrogens is 280 g/mol. The summed E-state index contributed by atoms with van der Waals surface area (Å²) in [5, 5.41) is 5.90. The van der Waals surface area contributed by atoms with Gasteiger partial charge in [-0.05, 0) is 36.6 Å². The van der Waals surface area contributed by atoms with Gasteiger partial charge in [0.2, 0.25) is 5.91 Å². The minimum Gasteiger partial charge on any atom is -0.453 e. The van der Waals surface area contributed by atoms with Gasteiger partial charge in [0.15, 0.2) is 0 Å². The zero-order valence-corrected chi connectivity index (χ0v) is 12.7. The van der Waals surface area contributed by atoms with Crippen molar-refractivity contribution in [3.63, 3.8) is 0 Å². The summed E-state index contributed by atoms with van der Waals surface area (Å²) in [6.07, 6.45) is -0.633. The van der Waals surface area contributed by atoms with Gasteiger partial charge in [-0.3, -0.25) is 4.79 Å². The summed E-state index contributed by atoms with van der Waals surface area (Å²) in [7, 11) is 1.26. The molecule has 1 atom stereocenters. The topological polar surface area (TPSA) is 67.4 Å². The van der Waals surface area contributed by atoms with E-state index in [1.165, 1.54) is 7.11 Å². The summed E-state index contributed by atoms with van der Waals surface area (Å²) in [5.74, 6) is -0.363. The van der Waals surface area contributed by atoms with Gasteiger partial charge in [0.05, 0.1) is 7.11 Å². The van der Waals surface area contributed by atoms with Crippen LogP contribution in [-0.2, 0) is 9.53 Å². The standard InChI is InChI=1S/C14H19ClN2O3/c1-8(2)12(17-14(19)20-4)13(18)16-11-6-5-10(15)7-9(11)3/h5-8,12H,1-4H3,(H,16,18)(H,17,19)/t12-/m0/s1. The van der Waals surface area contributed by atoms with Crippen LogP contribution in [0, 0.1) is 12.8 Å². The predicted octanol–water partition coefficient (Wildman–Crippen LogP) is 2.97. The van der Waals surface area contributed by atoms with E-state index in [1.807, 2.05) is 20.8 Å². The minimum atomic E-state index is -0.669. The number of alkyl carbamates (subject to hydrolysis) is 1. The normalized spacial score (nSPS) is 11.9. The number of halogens is 1. The first-order valence-electron chi connectivity index (χ1n) is 6.26. The number of methoxy groups -OCH3 is 1. The van der Waals surface area contributed by atoms with Crippen molar-refractivity contribution in [1.29, 1.82) is 0 Å². The quantitative estimate of drug-likeness (QED) is 0.898. The number of anilines is 1. The number of hydrogen-bond acceptors (Lipinski definition) is 3. The summed E-state index contributed by atoms with van der Waals surface area (Å²) in [6, 6.07) is 4.51. The van der Waals surface area contributed by atoms with E-state index in [4.69, 9.17) is 11.6 Å². The Morgan fingerprint density at radius 3 is 2.45 bits per heavy atom. The molecule has 5 nitrogen and oxygen atoms in total. The Balaban J connectivity index is 2.83. The molecule has 110 valence electrons. The van der Waals surface area contributed by atoms with Gasteiger partial charge in [0.25, 0.3) is 0 Å². The zero-order chi connectivity index (χ0) is 15.3. The molecule has 1 rings (SSSR count). The first-order valence-corrected chi connectivity index (χ1v) is 6.64.